The highest BCUT2D eigenvalue weighted by atomic mass is 35.5. The maximum absolute atomic E-state index is 6.08. The van der Waals surface area contributed by atoms with Gasteiger partial charge in [-0.15, -0.1) is 0 Å². The maximum Gasteiger partial charge on any atom is 0.180 e. The summed E-state index contributed by atoms with van der Waals surface area (Å²) in [6.45, 7) is 1.75. The summed E-state index contributed by atoms with van der Waals surface area (Å²) in [5, 5.41) is 4.06. The molecule has 0 radical (unpaired) electrons. The summed E-state index contributed by atoms with van der Waals surface area (Å²) in [5.74, 6) is 0.790. The first kappa shape index (κ1) is 12.4. The summed E-state index contributed by atoms with van der Waals surface area (Å²) in [5.41, 5.74) is 1.22. The minimum Gasteiger partial charge on any atom is -0.381 e. The van der Waals surface area contributed by atoms with Crippen LogP contribution in [0.5, 0.6) is 0 Å². The Kier molecular flexibility index (Phi) is 2.86. The molecular weight excluding hydrogens is 276 g/mol. The van der Waals surface area contributed by atoms with E-state index in [0.29, 0.717) is 16.6 Å². The Balaban J connectivity index is 1.63. The molecule has 0 bridgehead atoms. The quantitative estimate of drug-likeness (QED) is 0.925. The largest absolute Gasteiger partial charge is 0.381 e. The van der Waals surface area contributed by atoms with Crippen LogP contribution >= 0.6 is 11.6 Å². The van der Waals surface area contributed by atoms with E-state index in [4.69, 9.17) is 16.3 Å². The van der Waals surface area contributed by atoms with Crippen LogP contribution in [0.2, 0.25) is 5.15 Å². The summed E-state index contributed by atoms with van der Waals surface area (Å²) in [6, 6.07) is 0.456. The number of hydrogen-bond acceptors (Lipinski definition) is 4. The number of aromatic nitrogens is 3. The van der Waals surface area contributed by atoms with Crippen molar-refractivity contribution in [1.29, 1.82) is 0 Å². The van der Waals surface area contributed by atoms with Gasteiger partial charge in [-0.2, -0.15) is 0 Å². The molecule has 2 aliphatic rings. The molecule has 1 aliphatic heterocycles. The molecule has 3 heterocycles. The Morgan fingerprint density at radius 1 is 1.35 bits per heavy atom. The smallest absolute Gasteiger partial charge is 0.180 e. The summed E-state index contributed by atoms with van der Waals surface area (Å²) >= 11 is 6.08. The molecule has 1 spiro atoms. The van der Waals surface area contributed by atoms with Crippen LogP contribution in [-0.4, -0.2) is 33.6 Å². The van der Waals surface area contributed by atoms with Gasteiger partial charge >= 0.3 is 0 Å². The van der Waals surface area contributed by atoms with E-state index in [1.54, 1.807) is 12.4 Å². The zero-order valence-corrected chi connectivity index (χ0v) is 11.9. The van der Waals surface area contributed by atoms with Gasteiger partial charge in [0.25, 0.3) is 0 Å². The fourth-order valence-electron chi connectivity index (χ4n) is 3.46. The van der Waals surface area contributed by atoms with Crippen LogP contribution in [0.4, 0.5) is 5.82 Å². The van der Waals surface area contributed by atoms with Crippen molar-refractivity contribution in [3.05, 3.63) is 23.7 Å². The molecule has 2 aromatic rings. The van der Waals surface area contributed by atoms with Crippen molar-refractivity contribution in [1.82, 2.24) is 14.4 Å². The molecule has 1 unspecified atom stereocenters. The Hall–Kier alpha value is -1.33. The van der Waals surface area contributed by atoms with Crippen molar-refractivity contribution < 1.29 is 4.74 Å². The van der Waals surface area contributed by atoms with Gasteiger partial charge in [0.1, 0.15) is 5.15 Å². The molecule has 1 N–H and O–H groups in total. The summed E-state index contributed by atoms with van der Waals surface area (Å²) in [6.07, 6.45) is 10.2. The molecule has 1 atom stereocenters. The van der Waals surface area contributed by atoms with Gasteiger partial charge in [-0.3, -0.25) is 0 Å². The Morgan fingerprint density at radius 2 is 2.20 bits per heavy atom. The summed E-state index contributed by atoms with van der Waals surface area (Å²) in [4.78, 5) is 8.77. The van der Waals surface area contributed by atoms with E-state index in [-0.39, 0.29) is 0 Å². The third-order valence-electron chi connectivity index (χ3n) is 4.81. The minimum absolute atomic E-state index is 0.381. The van der Waals surface area contributed by atoms with Crippen molar-refractivity contribution in [2.75, 3.05) is 18.5 Å². The fraction of sp³-hybridized carbons (Fsp3) is 0.571. The monoisotopic (exact) mass is 292 g/mol. The third-order valence-corrected chi connectivity index (χ3v) is 5.00. The van der Waals surface area contributed by atoms with Gasteiger partial charge in [0.15, 0.2) is 11.5 Å². The number of ether oxygens (including phenoxy) is 1. The second-order valence-electron chi connectivity index (χ2n) is 5.78. The van der Waals surface area contributed by atoms with Crippen LogP contribution in [0.1, 0.15) is 25.7 Å². The molecule has 2 fully saturated rings. The molecule has 5 nitrogen and oxygen atoms in total. The zero-order valence-electron chi connectivity index (χ0n) is 11.2. The normalized spacial score (nSPS) is 24.8. The minimum atomic E-state index is 0.381. The van der Waals surface area contributed by atoms with E-state index >= 15 is 0 Å². The predicted octanol–water partition coefficient (Wildman–Crippen LogP) is 2.75. The number of rotatable bonds is 2. The SMILES string of the molecule is Clc1cn2ccnc2c(NC2CCC23CCOCC3)n1. The number of halogens is 1. The second kappa shape index (κ2) is 4.60. The molecule has 6 heteroatoms. The molecule has 2 aromatic heterocycles. The van der Waals surface area contributed by atoms with Crippen LogP contribution in [-0.2, 0) is 4.74 Å². The zero-order chi connectivity index (χ0) is 13.6. The van der Waals surface area contributed by atoms with E-state index in [1.165, 1.54) is 12.8 Å². The lowest BCUT2D eigenvalue weighted by atomic mass is 9.60. The number of nitrogens with zero attached hydrogens (tertiary/aromatic N) is 3. The molecule has 0 aromatic carbocycles. The van der Waals surface area contributed by atoms with Crippen LogP contribution in [0.3, 0.4) is 0 Å². The van der Waals surface area contributed by atoms with Gasteiger partial charge in [-0.1, -0.05) is 11.6 Å². The lowest BCUT2D eigenvalue weighted by Crippen LogP contribution is -2.52. The molecule has 1 saturated carbocycles. The van der Waals surface area contributed by atoms with Gasteiger partial charge < -0.3 is 14.5 Å². The van der Waals surface area contributed by atoms with Crippen molar-refractivity contribution in [3.63, 3.8) is 0 Å². The molecule has 0 amide bonds. The van der Waals surface area contributed by atoms with E-state index in [9.17, 15) is 0 Å². The lowest BCUT2D eigenvalue weighted by Gasteiger charge is -2.52. The van der Waals surface area contributed by atoms with Crippen LogP contribution in [0, 0.1) is 5.41 Å². The number of hydrogen-bond donors (Lipinski definition) is 1. The van der Waals surface area contributed by atoms with E-state index in [1.807, 2.05) is 10.6 Å². The maximum atomic E-state index is 6.08. The standard InChI is InChI=1S/C14H17ClN4O/c15-11-9-19-6-5-16-13(19)12(18-11)17-10-1-2-14(10)3-7-20-8-4-14/h5-6,9-10H,1-4,7-8H2,(H,17,18). The van der Waals surface area contributed by atoms with Crippen molar-refractivity contribution in [2.24, 2.45) is 5.41 Å². The first-order valence-electron chi connectivity index (χ1n) is 7.10. The van der Waals surface area contributed by atoms with Gasteiger partial charge in [-0.05, 0) is 31.1 Å². The first-order chi connectivity index (χ1) is 9.77. The van der Waals surface area contributed by atoms with Gasteiger partial charge in [0, 0.05) is 37.8 Å². The first-order valence-corrected chi connectivity index (χ1v) is 7.48. The van der Waals surface area contributed by atoms with Crippen LogP contribution in [0.15, 0.2) is 18.6 Å². The number of fused-ring (bicyclic) bond motifs is 1. The van der Waals surface area contributed by atoms with E-state index in [2.05, 4.69) is 15.3 Å². The Morgan fingerprint density at radius 3 is 2.95 bits per heavy atom. The molecule has 4 rings (SSSR count). The second-order valence-corrected chi connectivity index (χ2v) is 6.17. The van der Waals surface area contributed by atoms with Crippen molar-refractivity contribution in [3.8, 4) is 0 Å². The lowest BCUT2D eigenvalue weighted by molar-refractivity contribution is -0.0378. The highest BCUT2D eigenvalue weighted by Crippen LogP contribution is 2.50. The number of nitrogens with one attached hydrogen (secondary N) is 1. The highest BCUT2D eigenvalue weighted by molar-refractivity contribution is 6.29. The molecule has 1 saturated heterocycles. The predicted molar refractivity (Wildman–Crippen MR) is 77.1 cm³/mol. The van der Waals surface area contributed by atoms with Crippen molar-refractivity contribution >= 4 is 23.1 Å². The van der Waals surface area contributed by atoms with E-state index < -0.39 is 0 Å². The summed E-state index contributed by atoms with van der Waals surface area (Å²) < 4.78 is 7.40. The average molecular weight is 293 g/mol. The van der Waals surface area contributed by atoms with Gasteiger partial charge in [0.2, 0.25) is 0 Å². The molecule has 106 valence electrons. The number of anilines is 1. The Labute approximate surface area is 122 Å². The average Bonchev–Trinajstić information content (AvgIpc) is 2.92. The summed E-state index contributed by atoms with van der Waals surface area (Å²) in [7, 11) is 0. The number of imidazole rings is 1. The van der Waals surface area contributed by atoms with Crippen molar-refractivity contribution in [2.45, 2.75) is 31.7 Å². The topological polar surface area (TPSA) is 51.5 Å². The van der Waals surface area contributed by atoms with E-state index in [0.717, 1.165) is 37.5 Å². The third kappa shape index (κ3) is 1.88. The van der Waals surface area contributed by atoms with Crippen LogP contribution < -0.4 is 5.32 Å². The molecule has 20 heavy (non-hydrogen) atoms. The Bertz CT molecular complexity index is 635. The molecular formula is C14H17ClN4O. The van der Waals surface area contributed by atoms with Gasteiger partial charge in [-0.25, -0.2) is 9.97 Å². The molecule has 1 aliphatic carbocycles. The van der Waals surface area contributed by atoms with Gasteiger partial charge in [0.05, 0.1) is 0 Å². The fourth-order valence-corrected chi connectivity index (χ4v) is 3.65. The highest BCUT2D eigenvalue weighted by Gasteiger charge is 2.47. The van der Waals surface area contributed by atoms with Crippen LogP contribution in [0.25, 0.3) is 5.65 Å².